The van der Waals surface area contributed by atoms with Crippen LogP contribution >= 0.6 is 0 Å². The Morgan fingerprint density at radius 1 is 0.926 bits per heavy atom. The predicted octanol–water partition coefficient (Wildman–Crippen LogP) is 3.70. The molecule has 0 amide bonds. The van der Waals surface area contributed by atoms with Crippen LogP contribution in [0.5, 0.6) is 0 Å². The highest BCUT2D eigenvalue weighted by Gasteiger charge is 2.25. The van der Waals surface area contributed by atoms with Gasteiger partial charge in [0.15, 0.2) is 5.69 Å². The van der Waals surface area contributed by atoms with E-state index in [1.807, 2.05) is 18.2 Å². The van der Waals surface area contributed by atoms with Gasteiger partial charge >= 0.3 is 11.9 Å². The van der Waals surface area contributed by atoms with Gasteiger partial charge in [0, 0.05) is 5.56 Å². The largest absolute Gasteiger partial charge is 0.461 e. The van der Waals surface area contributed by atoms with Crippen LogP contribution in [-0.2, 0) is 22.3 Å². The van der Waals surface area contributed by atoms with Gasteiger partial charge in [0.1, 0.15) is 5.69 Å². The number of hydrogen-bond donors (Lipinski definition) is 1. The summed E-state index contributed by atoms with van der Waals surface area (Å²) in [4.78, 5) is 24.5. The number of aromatic nitrogens is 2. The number of H-pyrrole nitrogens is 1. The smallest absolute Gasteiger partial charge is 0.359 e. The van der Waals surface area contributed by atoms with E-state index in [1.54, 1.807) is 13.8 Å². The number of ether oxygens (including phenoxy) is 2. The highest BCUT2D eigenvalue weighted by molar-refractivity contribution is 5.96. The lowest BCUT2D eigenvalue weighted by Gasteiger charge is -2.08. The molecule has 0 spiro atoms. The van der Waals surface area contributed by atoms with Crippen LogP contribution in [0.1, 0.15) is 46.0 Å². The van der Waals surface area contributed by atoms with Crippen LogP contribution < -0.4 is 0 Å². The van der Waals surface area contributed by atoms with Crippen molar-refractivity contribution < 1.29 is 19.1 Å². The zero-order chi connectivity index (χ0) is 19.2. The summed E-state index contributed by atoms with van der Waals surface area (Å²) in [6.07, 6.45) is 1.12. The quantitative estimate of drug-likeness (QED) is 0.645. The average molecular weight is 366 g/mol. The second-order valence-electron chi connectivity index (χ2n) is 6.00. The molecule has 0 saturated carbocycles. The summed E-state index contributed by atoms with van der Waals surface area (Å²) in [5, 5.41) is 8.96. The summed E-state index contributed by atoms with van der Waals surface area (Å²) >= 11 is 0. The molecular weight excluding hydrogens is 344 g/mol. The van der Waals surface area contributed by atoms with Crippen molar-refractivity contribution in [2.75, 3.05) is 13.2 Å². The molecule has 140 valence electrons. The molecule has 1 N–H and O–H groups in total. The van der Waals surface area contributed by atoms with Gasteiger partial charge in [-0.1, -0.05) is 42.5 Å². The first-order valence-electron chi connectivity index (χ1n) is 9.03. The summed E-state index contributed by atoms with van der Waals surface area (Å²) in [7, 11) is 0. The van der Waals surface area contributed by atoms with Gasteiger partial charge in [-0.25, -0.2) is 9.59 Å². The molecule has 0 aliphatic carbocycles. The monoisotopic (exact) mass is 366 g/mol. The summed E-state index contributed by atoms with van der Waals surface area (Å²) in [5.41, 5.74) is 2.01. The first-order chi connectivity index (χ1) is 13.2. The van der Waals surface area contributed by atoms with Crippen LogP contribution in [0.25, 0.3) is 10.8 Å². The van der Waals surface area contributed by atoms with E-state index in [1.165, 1.54) is 0 Å². The number of carbonyl (C=O) groups excluding carboxylic acids is 2. The molecule has 0 fully saturated rings. The highest BCUT2D eigenvalue weighted by atomic mass is 16.5. The lowest BCUT2D eigenvalue weighted by molar-refractivity contribution is 0.0513. The Bertz CT molecular complexity index is 921. The van der Waals surface area contributed by atoms with Gasteiger partial charge in [0.05, 0.1) is 13.2 Å². The molecule has 3 aromatic rings. The normalized spacial score (nSPS) is 10.7. The van der Waals surface area contributed by atoms with Gasteiger partial charge in [-0.15, -0.1) is 0 Å². The lowest BCUT2D eigenvalue weighted by Crippen LogP contribution is -2.12. The number of nitrogens with zero attached hydrogens (tertiary/aromatic N) is 1. The van der Waals surface area contributed by atoms with Gasteiger partial charge < -0.3 is 9.47 Å². The molecule has 0 radical (unpaired) electrons. The molecule has 0 saturated heterocycles. The van der Waals surface area contributed by atoms with Crippen molar-refractivity contribution >= 4 is 22.7 Å². The number of hydrogen-bond acceptors (Lipinski definition) is 5. The fourth-order valence-corrected chi connectivity index (χ4v) is 3.12. The fraction of sp³-hybridized carbons (Fsp3) is 0.286. The van der Waals surface area contributed by atoms with E-state index in [0.717, 1.165) is 16.3 Å². The van der Waals surface area contributed by atoms with Crippen molar-refractivity contribution in [3.63, 3.8) is 0 Å². The zero-order valence-electron chi connectivity index (χ0n) is 15.5. The van der Waals surface area contributed by atoms with Crippen molar-refractivity contribution in [2.24, 2.45) is 0 Å². The third-order valence-electron chi connectivity index (χ3n) is 4.34. The molecular formula is C21H22N2O4. The van der Waals surface area contributed by atoms with Crippen molar-refractivity contribution in [1.29, 1.82) is 0 Å². The third-order valence-corrected chi connectivity index (χ3v) is 4.34. The van der Waals surface area contributed by atoms with Gasteiger partial charge in [0.25, 0.3) is 0 Å². The van der Waals surface area contributed by atoms with Crippen LogP contribution in [-0.4, -0.2) is 35.3 Å². The Morgan fingerprint density at radius 2 is 1.63 bits per heavy atom. The molecule has 0 unspecified atom stereocenters. The third kappa shape index (κ3) is 4.00. The topological polar surface area (TPSA) is 81.3 Å². The Balaban J connectivity index is 1.93. The minimum absolute atomic E-state index is 0.139. The number of benzene rings is 2. The van der Waals surface area contributed by atoms with Crippen molar-refractivity contribution in [3.05, 3.63) is 65.0 Å². The Kier molecular flexibility index (Phi) is 5.86. The lowest BCUT2D eigenvalue weighted by atomic mass is 9.97. The Hall–Kier alpha value is -3.15. The van der Waals surface area contributed by atoms with Crippen molar-refractivity contribution in [2.45, 2.75) is 26.7 Å². The minimum atomic E-state index is -0.544. The number of rotatable bonds is 7. The van der Waals surface area contributed by atoms with Crippen LogP contribution in [0, 0.1) is 0 Å². The average Bonchev–Trinajstić information content (AvgIpc) is 3.11. The number of carbonyl (C=O) groups is 2. The number of fused-ring (bicyclic) bond motifs is 1. The molecule has 2 aromatic carbocycles. The molecule has 27 heavy (non-hydrogen) atoms. The van der Waals surface area contributed by atoms with Gasteiger partial charge in [-0.05, 0) is 43.0 Å². The Labute approximate surface area is 157 Å². The van der Waals surface area contributed by atoms with Crippen LogP contribution in [0.2, 0.25) is 0 Å². The molecule has 0 atom stereocenters. The first kappa shape index (κ1) is 18.6. The second kappa shape index (κ2) is 8.49. The van der Waals surface area contributed by atoms with Crippen molar-refractivity contribution in [1.82, 2.24) is 10.2 Å². The second-order valence-corrected chi connectivity index (χ2v) is 6.00. The molecule has 3 rings (SSSR count). The predicted molar refractivity (Wildman–Crippen MR) is 102 cm³/mol. The van der Waals surface area contributed by atoms with E-state index < -0.39 is 11.9 Å². The molecule has 1 aromatic heterocycles. The molecule has 1 heterocycles. The van der Waals surface area contributed by atoms with E-state index >= 15 is 0 Å². The minimum Gasteiger partial charge on any atom is -0.461 e. The van der Waals surface area contributed by atoms with Crippen LogP contribution in [0.3, 0.4) is 0 Å². The van der Waals surface area contributed by atoms with E-state index in [2.05, 4.69) is 34.5 Å². The maximum absolute atomic E-state index is 12.2. The van der Waals surface area contributed by atoms with Gasteiger partial charge in [0.2, 0.25) is 0 Å². The molecule has 6 nitrogen and oxygen atoms in total. The number of esters is 2. The van der Waals surface area contributed by atoms with Gasteiger partial charge in [-0.3, -0.25) is 5.10 Å². The summed E-state index contributed by atoms with van der Waals surface area (Å²) in [6.45, 7) is 3.95. The van der Waals surface area contributed by atoms with E-state index in [9.17, 15) is 9.59 Å². The van der Waals surface area contributed by atoms with Crippen molar-refractivity contribution in [3.8, 4) is 0 Å². The van der Waals surface area contributed by atoms with Gasteiger partial charge in [-0.2, -0.15) is 5.10 Å². The molecule has 6 heteroatoms. The van der Waals surface area contributed by atoms with Crippen LogP contribution in [0.4, 0.5) is 0 Å². The molecule has 0 bridgehead atoms. The maximum atomic E-state index is 12.2. The molecule has 0 aliphatic rings. The maximum Gasteiger partial charge on any atom is 0.359 e. The number of aromatic amines is 1. The first-order valence-corrected chi connectivity index (χ1v) is 9.03. The Morgan fingerprint density at radius 3 is 2.41 bits per heavy atom. The SMILES string of the molecule is CCOC(=O)c1n[nH]c(C(=O)OCC)c1CCc1cccc2ccccc12. The summed E-state index contributed by atoms with van der Waals surface area (Å²) in [6, 6.07) is 14.2. The van der Waals surface area contributed by atoms with Crippen LogP contribution in [0.15, 0.2) is 42.5 Å². The van der Waals surface area contributed by atoms with E-state index in [-0.39, 0.29) is 24.6 Å². The summed E-state index contributed by atoms with van der Waals surface area (Å²) < 4.78 is 10.2. The highest BCUT2D eigenvalue weighted by Crippen LogP contribution is 2.22. The zero-order valence-corrected chi connectivity index (χ0v) is 15.5. The van der Waals surface area contributed by atoms with E-state index in [0.29, 0.717) is 18.4 Å². The summed E-state index contributed by atoms with van der Waals surface area (Å²) in [5.74, 6) is -1.06. The number of aryl methyl sites for hydroxylation is 1. The van der Waals surface area contributed by atoms with E-state index in [4.69, 9.17) is 9.47 Å². The standard InChI is InChI=1S/C21H22N2O4/c1-3-26-20(24)18-17(19(23-22-18)21(25)27-4-2)13-12-15-10-7-9-14-8-5-6-11-16(14)15/h5-11H,3-4,12-13H2,1-2H3,(H,22,23). The molecule has 0 aliphatic heterocycles. The number of nitrogens with one attached hydrogen (secondary N) is 1. The fourth-order valence-electron chi connectivity index (χ4n) is 3.12.